The number of hydrogen-bond donors (Lipinski definition) is 1. The van der Waals surface area contributed by atoms with Gasteiger partial charge in [-0.25, -0.2) is 9.97 Å². The molecule has 1 unspecified atom stereocenters. The summed E-state index contributed by atoms with van der Waals surface area (Å²) in [5, 5.41) is 3.14. The molecule has 0 aromatic carbocycles. The largest absolute Gasteiger partial charge is 0.373 e. The van der Waals surface area contributed by atoms with Gasteiger partial charge in [0.25, 0.3) is 0 Å². The molecule has 0 radical (unpaired) electrons. The van der Waals surface area contributed by atoms with Crippen molar-refractivity contribution in [3.05, 3.63) is 18.1 Å². The molecule has 0 bridgehead atoms. The lowest BCUT2D eigenvalue weighted by molar-refractivity contribution is 0.0419. The topological polar surface area (TPSA) is 50.3 Å². The molecule has 16 heavy (non-hydrogen) atoms. The lowest BCUT2D eigenvalue weighted by Gasteiger charge is -2.33. The highest BCUT2D eigenvalue weighted by atomic mass is 16.5. The van der Waals surface area contributed by atoms with Gasteiger partial charge in [-0.15, -0.1) is 0 Å². The minimum Gasteiger partial charge on any atom is -0.373 e. The fourth-order valence-electron chi connectivity index (χ4n) is 1.89. The maximum absolute atomic E-state index is 5.65. The molecule has 88 valence electrons. The molecule has 1 aromatic heterocycles. The summed E-state index contributed by atoms with van der Waals surface area (Å²) in [6.07, 6.45) is 1.86. The lowest BCUT2D eigenvalue weighted by atomic mass is 10.2. The minimum atomic E-state index is 0.244. The number of nitrogens with zero attached hydrogens (tertiary/aromatic N) is 3. The van der Waals surface area contributed by atoms with Crippen molar-refractivity contribution in [1.29, 1.82) is 0 Å². The maximum atomic E-state index is 5.65. The van der Waals surface area contributed by atoms with Crippen molar-refractivity contribution in [3.63, 3.8) is 0 Å². The Bertz CT molecular complexity index is 343. The standard InChI is InChI=1S/C11H18N4O/c1-9-5-11(14-8-13-9)15-3-4-16-10(7-15)6-12-2/h5,8,10,12H,3-4,6-7H2,1-2H3. The van der Waals surface area contributed by atoms with Crippen molar-refractivity contribution < 1.29 is 4.74 Å². The van der Waals surface area contributed by atoms with Crippen molar-refractivity contribution >= 4 is 5.82 Å². The van der Waals surface area contributed by atoms with Gasteiger partial charge >= 0.3 is 0 Å². The maximum Gasteiger partial charge on any atom is 0.132 e. The number of anilines is 1. The number of aryl methyl sites for hydroxylation is 1. The molecule has 1 aliphatic heterocycles. The first-order valence-electron chi connectivity index (χ1n) is 5.59. The Morgan fingerprint density at radius 3 is 3.19 bits per heavy atom. The van der Waals surface area contributed by atoms with Crippen LogP contribution in [-0.2, 0) is 4.74 Å². The zero-order valence-corrected chi connectivity index (χ0v) is 9.81. The molecule has 1 fully saturated rings. The van der Waals surface area contributed by atoms with Gasteiger partial charge in [0.2, 0.25) is 0 Å². The van der Waals surface area contributed by atoms with Crippen molar-refractivity contribution in [2.24, 2.45) is 0 Å². The van der Waals surface area contributed by atoms with Gasteiger partial charge in [0.1, 0.15) is 12.1 Å². The van der Waals surface area contributed by atoms with E-state index in [0.29, 0.717) is 0 Å². The quantitative estimate of drug-likeness (QED) is 0.792. The van der Waals surface area contributed by atoms with Gasteiger partial charge in [-0.05, 0) is 14.0 Å². The van der Waals surface area contributed by atoms with Crippen molar-refractivity contribution in [2.45, 2.75) is 13.0 Å². The van der Waals surface area contributed by atoms with Gasteiger partial charge in [0, 0.05) is 31.4 Å². The van der Waals surface area contributed by atoms with Crippen LogP contribution in [0.25, 0.3) is 0 Å². The van der Waals surface area contributed by atoms with Gasteiger partial charge in [-0.1, -0.05) is 0 Å². The first-order valence-corrected chi connectivity index (χ1v) is 5.59. The molecule has 2 heterocycles. The van der Waals surface area contributed by atoms with Crippen molar-refractivity contribution in [3.8, 4) is 0 Å². The molecule has 1 aromatic rings. The summed E-state index contributed by atoms with van der Waals surface area (Å²) in [4.78, 5) is 10.7. The summed E-state index contributed by atoms with van der Waals surface area (Å²) in [7, 11) is 1.94. The third kappa shape index (κ3) is 2.68. The molecule has 0 saturated carbocycles. The molecule has 0 amide bonds. The number of hydrogen-bond acceptors (Lipinski definition) is 5. The predicted molar refractivity (Wildman–Crippen MR) is 62.6 cm³/mol. The van der Waals surface area contributed by atoms with E-state index in [1.807, 2.05) is 20.0 Å². The number of ether oxygens (including phenoxy) is 1. The Kier molecular flexibility index (Phi) is 3.69. The molecular formula is C11H18N4O. The fraction of sp³-hybridized carbons (Fsp3) is 0.636. The highest BCUT2D eigenvalue weighted by molar-refractivity contribution is 5.39. The van der Waals surface area contributed by atoms with E-state index >= 15 is 0 Å². The summed E-state index contributed by atoms with van der Waals surface area (Å²) in [6, 6.07) is 2.02. The van der Waals surface area contributed by atoms with Crippen LogP contribution in [0.4, 0.5) is 5.82 Å². The van der Waals surface area contributed by atoms with Crippen LogP contribution in [0.15, 0.2) is 12.4 Å². The Balaban J connectivity index is 2.03. The zero-order valence-electron chi connectivity index (χ0n) is 9.81. The van der Waals surface area contributed by atoms with Crippen LogP contribution in [-0.4, -0.2) is 49.4 Å². The SMILES string of the molecule is CNCC1CN(c2cc(C)ncn2)CCO1. The van der Waals surface area contributed by atoms with Crippen molar-refractivity contribution in [1.82, 2.24) is 15.3 Å². The Labute approximate surface area is 95.8 Å². The highest BCUT2D eigenvalue weighted by Gasteiger charge is 2.20. The second-order valence-electron chi connectivity index (χ2n) is 4.01. The first kappa shape index (κ1) is 11.3. The van der Waals surface area contributed by atoms with Crippen LogP contribution in [0, 0.1) is 6.92 Å². The first-order chi connectivity index (χ1) is 7.79. The number of likely N-dealkylation sites (N-methyl/N-ethyl adjacent to an activating group) is 1. The Morgan fingerprint density at radius 2 is 2.44 bits per heavy atom. The van der Waals surface area contributed by atoms with Crippen molar-refractivity contribution in [2.75, 3.05) is 38.2 Å². The van der Waals surface area contributed by atoms with Crippen LogP contribution in [0.2, 0.25) is 0 Å². The van der Waals surface area contributed by atoms with Crippen LogP contribution < -0.4 is 10.2 Å². The summed E-state index contributed by atoms with van der Waals surface area (Å²) in [6.45, 7) is 5.40. The summed E-state index contributed by atoms with van der Waals surface area (Å²) in [5.41, 5.74) is 1.00. The molecule has 2 rings (SSSR count). The number of morpholine rings is 1. The Morgan fingerprint density at radius 1 is 1.56 bits per heavy atom. The van der Waals surface area contributed by atoms with E-state index in [0.717, 1.165) is 37.8 Å². The molecule has 0 aliphatic carbocycles. The second kappa shape index (κ2) is 5.23. The molecule has 5 heteroatoms. The van der Waals surface area contributed by atoms with E-state index in [2.05, 4.69) is 20.2 Å². The smallest absolute Gasteiger partial charge is 0.132 e. The molecule has 5 nitrogen and oxygen atoms in total. The molecule has 1 atom stereocenters. The van der Waals surface area contributed by atoms with E-state index in [-0.39, 0.29) is 6.10 Å². The normalized spacial score (nSPS) is 21.1. The van der Waals surface area contributed by atoms with Gasteiger partial charge in [0.15, 0.2) is 0 Å². The summed E-state index contributed by atoms with van der Waals surface area (Å²) < 4.78 is 5.65. The van der Waals surface area contributed by atoms with Gasteiger partial charge in [-0.2, -0.15) is 0 Å². The van der Waals surface area contributed by atoms with Crippen LogP contribution in [0.5, 0.6) is 0 Å². The van der Waals surface area contributed by atoms with Gasteiger partial charge < -0.3 is 15.0 Å². The number of rotatable bonds is 3. The summed E-state index contributed by atoms with van der Waals surface area (Å²) in [5.74, 6) is 0.997. The van der Waals surface area contributed by atoms with E-state index in [1.165, 1.54) is 0 Å². The van der Waals surface area contributed by atoms with Crippen LogP contribution >= 0.6 is 0 Å². The molecular weight excluding hydrogens is 204 g/mol. The highest BCUT2D eigenvalue weighted by Crippen LogP contribution is 2.14. The zero-order chi connectivity index (χ0) is 11.4. The predicted octanol–water partition coefficient (Wildman–Crippen LogP) is 0.210. The molecule has 1 aliphatic rings. The van der Waals surface area contributed by atoms with E-state index in [9.17, 15) is 0 Å². The number of nitrogens with one attached hydrogen (secondary N) is 1. The third-order valence-electron chi connectivity index (χ3n) is 2.68. The number of aromatic nitrogens is 2. The third-order valence-corrected chi connectivity index (χ3v) is 2.68. The van der Waals surface area contributed by atoms with Gasteiger partial charge in [-0.3, -0.25) is 0 Å². The van der Waals surface area contributed by atoms with E-state index in [1.54, 1.807) is 6.33 Å². The minimum absolute atomic E-state index is 0.244. The fourth-order valence-corrected chi connectivity index (χ4v) is 1.89. The molecule has 0 spiro atoms. The van der Waals surface area contributed by atoms with E-state index in [4.69, 9.17) is 4.74 Å². The lowest BCUT2D eigenvalue weighted by Crippen LogP contribution is -2.46. The Hall–Kier alpha value is -1.20. The second-order valence-corrected chi connectivity index (χ2v) is 4.01. The summed E-state index contributed by atoms with van der Waals surface area (Å²) >= 11 is 0. The molecule has 1 saturated heterocycles. The van der Waals surface area contributed by atoms with Gasteiger partial charge in [0.05, 0.1) is 12.7 Å². The average Bonchev–Trinajstić information content (AvgIpc) is 2.30. The molecule has 1 N–H and O–H groups in total. The monoisotopic (exact) mass is 222 g/mol. The van der Waals surface area contributed by atoms with E-state index < -0.39 is 0 Å². The van der Waals surface area contributed by atoms with Crippen LogP contribution in [0.3, 0.4) is 0 Å². The van der Waals surface area contributed by atoms with Crippen LogP contribution in [0.1, 0.15) is 5.69 Å². The average molecular weight is 222 g/mol.